The molecule has 1 aromatic heterocycles. The average Bonchev–Trinajstić information content (AvgIpc) is 2.85. The summed E-state index contributed by atoms with van der Waals surface area (Å²) in [5, 5.41) is 0.629. The van der Waals surface area contributed by atoms with Crippen molar-refractivity contribution in [2.24, 2.45) is 5.73 Å². The van der Waals surface area contributed by atoms with E-state index in [1.54, 1.807) is 0 Å². The molecule has 0 radical (unpaired) electrons. The Kier molecular flexibility index (Phi) is 4.91. The number of hydrogen-bond donors (Lipinski definition) is 2. The molecule has 2 aromatic carbocycles. The minimum Gasteiger partial charge on any atom is -0.352 e. The molecule has 0 aliphatic rings. The van der Waals surface area contributed by atoms with Crippen LogP contribution in [0.1, 0.15) is 35.1 Å². The van der Waals surface area contributed by atoms with Gasteiger partial charge in [0, 0.05) is 17.0 Å². The van der Waals surface area contributed by atoms with E-state index in [9.17, 15) is 8.78 Å². The predicted molar refractivity (Wildman–Crippen MR) is 99.9 cm³/mol. The largest absolute Gasteiger partial charge is 0.352 e. The maximum Gasteiger partial charge on any atom is 0.150 e. The Bertz CT molecular complexity index is 902. The van der Waals surface area contributed by atoms with E-state index in [-0.39, 0.29) is 0 Å². The van der Waals surface area contributed by atoms with Crippen LogP contribution in [-0.4, -0.2) is 11.5 Å². The normalized spacial score (nSPS) is 11.4. The van der Waals surface area contributed by atoms with Crippen molar-refractivity contribution in [3.05, 3.63) is 58.2 Å². The van der Waals surface area contributed by atoms with Gasteiger partial charge < -0.3 is 10.7 Å². The SMILES string of the molecule is Cc1cc(C)c(-c2[nH]c3c(F)cc(F)cc3c2CCCCN)c(C)c1. The van der Waals surface area contributed by atoms with Gasteiger partial charge in [0.1, 0.15) is 11.6 Å². The molecule has 0 unspecified atom stereocenters. The van der Waals surface area contributed by atoms with Crippen molar-refractivity contribution in [1.82, 2.24) is 4.98 Å². The Hall–Kier alpha value is -2.20. The summed E-state index contributed by atoms with van der Waals surface area (Å²) in [7, 11) is 0. The van der Waals surface area contributed by atoms with Gasteiger partial charge in [-0.15, -0.1) is 0 Å². The Morgan fingerprint density at radius 3 is 2.28 bits per heavy atom. The standard InChI is InChI=1S/C21H24F2N2/c1-12-8-13(2)19(14(3)9-12)21-16(6-4-5-7-24)17-10-15(22)11-18(23)20(17)25-21/h8-11,25H,4-7,24H2,1-3H3. The van der Waals surface area contributed by atoms with E-state index >= 15 is 0 Å². The number of aromatic amines is 1. The van der Waals surface area contributed by atoms with Crippen molar-refractivity contribution in [3.63, 3.8) is 0 Å². The first-order valence-corrected chi connectivity index (χ1v) is 8.70. The van der Waals surface area contributed by atoms with Crippen LogP contribution in [0.3, 0.4) is 0 Å². The summed E-state index contributed by atoms with van der Waals surface area (Å²) in [5.74, 6) is -1.10. The first kappa shape index (κ1) is 17.6. The Labute approximate surface area is 147 Å². The molecular weight excluding hydrogens is 318 g/mol. The second-order valence-electron chi connectivity index (χ2n) is 6.81. The van der Waals surface area contributed by atoms with Crippen LogP contribution >= 0.6 is 0 Å². The molecule has 0 atom stereocenters. The molecule has 0 fully saturated rings. The second-order valence-corrected chi connectivity index (χ2v) is 6.81. The van der Waals surface area contributed by atoms with Gasteiger partial charge in [-0.25, -0.2) is 8.78 Å². The third kappa shape index (κ3) is 3.31. The van der Waals surface area contributed by atoms with Gasteiger partial charge in [0.05, 0.1) is 11.2 Å². The lowest BCUT2D eigenvalue weighted by molar-refractivity contribution is 0.591. The monoisotopic (exact) mass is 342 g/mol. The van der Waals surface area contributed by atoms with Crippen molar-refractivity contribution in [2.45, 2.75) is 40.0 Å². The summed E-state index contributed by atoms with van der Waals surface area (Å²) in [6.07, 6.45) is 2.51. The fraction of sp³-hybridized carbons (Fsp3) is 0.333. The lowest BCUT2D eigenvalue weighted by atomic mass is 9.93. The highest BCUT2D eigenvalue weighted by atomic mass is 19.1. The molecule has 0 aliphatic heterocycles. The molecule has 25 heavy (non-hydrogen) atoms. The second kappa shape index (κ2) is 6.96. The van der Waals surface area contributed by atoms with Gasteiger partial charge >= 0.3 is 0 Å². The zero-order valence-electron chi connectivity index (χ0n) is 15.0. The molecule has 0 saturated heterocycles. The molecular formula is C21H24F2N2. The molecule has 0 amide bonds. The minimum absolute atomic E-state index is 0.374. The number of unbranched alkanes of at least 4 members (excludes halogenated alkanes) is 1. The molecule has 3 N–H and O–H groups in total. The number of rotatable bonds is 5. The highest BCUT2D eigenvalue weighted by Crippen LogP contribution is 2.36. The highest BCUT2D eigenvalue weighted by Gasteiger charge is 2.19. The van der Waals surface area contributed by atoms with Crippen LogP contribution in [0.4, 0.5) is 8.78 Å². The lowest BCUT2D eigenvalue weighted by Gasteiger charge is -2.13. The number of benzene rings is 2. The summed E-state index contributed by atoms with van der Waals surface area (Å²) in [6.45, 7) is 6.79. The van der Waals surface area contributed by atoms with Crippen LogP contribution in [0.5, 0.6) is 0 Å². The third-order valence-corrected chi connectivity index (χ3v) is 4.74. The number of aryl methyl sites for hydroxylation is 4. The molecule has 1 heterocycles. The molecule has 4 heteroatoms. The van der Waals surface area contributed by atoms with Gasteiger partial charge in [0.15, 0.2) is 0 Å². The lowest BCUT2D eigenvalue weighted by Crippen LogP contribution is -2.00. The average molecular weight is 342 g/mol. The topological polar surface area (TPSA) is 41.8 Å². The van der Waals surface area contributed by atoms with E-state index < -0.39 is 11.6 Å². The van der Waals surface area contributed by atoms with E-state index in [0.717, 1.165) is 53.3 Å². The number of H-pyrrole nitrogens is 1. The Balaban J connectivity index is 2.27. The third-order valence-electron chi connectivity index (χ3n) is 4.74. The van der Waals surface area contributed by atoms with Crippen LogP contribution in [0.15, 0.2) is 24.3 Å². The number of nitrogens with two attached hydrogens (primary N) is 1. The zero-order valence-corrected chi connectivity index (χ0v) is 15.0. The van der Waals surface area contributed by atoms with E-state index in [2.05, 4.69) is 37.9 Å². The van der Waals surface area contributed by atoms with Gasteiger partial charge in [-0.05, 0) is 69.3 Å². The first-order valence-electron chi connectivity index (χ1n) is 8.70. The number of aromatic nitrogens is 1. The fourth-order valence-corrected chi connectivity index (χ4v) is 3.77. The van der Waals surface area contributed by atoms with Crippen molar-refractivity contribution < 1.29 is 8.78 Å². The molecule has 0 bridgehead atoms. The fourth-order valence-electron chi connectivity index (χ4n) is 3.77. The van der Waals surface area contributed by atoms with E-state index in [4.69, 9.17) is 5.73 Å². The van der Waals surface area contributed by atoms with Gasteiger partial charge in [-0.3, -0.25) is 0 Å². The van der Waals surface area contributed by atoms with Crippen molar-refractivity contribution >= 4 is 10.9 Å². The number of hydrogen-bond acceptors (Lipinski definition) is 1. The van der Waals surface area contributed by atoms with Crippen molar-refractivity contribution in [3.8, 4) is 11.3 Å². The van der Waals surface area contributed by atoms with Crippen LogP contribution in [0, 0.1) is 32.4 Å². The molecule has 2 nitrogen and oxygen atoms in total. The maximum absolute atomic E-state index is 14.3. The van der Waals surface area contributed by atoms with E-state index in [1.165, 1.54) is 11.6 Å². The van der Waals surface area contributed by atoms with E-state index in [1.807, 2.05) is 0 Å². The van der Waals surface area contributed by atoms with Crippen LogP contribution in [0.2, 0.25) is 0 Å². The number of halogens is 2. The Morgan fingerprint density at radius 2 is 1.64 bits per heavy atom. The number of nitrogens with one attached hydrogen (secondary N) is 1. The van der Waals surface area contributed by atoms with Crippen LogP contribution in [-0.2, 0) is 6.42 Å². The van der Waals surface area contributed by atoms with E-state index in [0.29, 0.717) is 17.4 Å². The summed E-state index contributed by atoms with van der Waals surface area (Å²) >= 11 is 0. The summed E-state index contributed by atoms with van der Waals surface area (Å²) < 4.78 is 28.1. The summed E-state index contributed by atoms with van der Waals surface area (Å²) in [5.41, 5.74) is 12.4. The minimum atomic E-state index is -0.552. The molecule has 3 rings (SSSR count). The van der Waals surface area contributed by atoms with Crippen LogP contribution < -0.4 is 5.73 Å². The highest BCUT2D eigenvalue weighted by molar-refractivity contribution is 5.92. The molecule has 132 valence electrons. The van der Waals surface area contributed by atoms with Gasteiger partial charge in [-0.2, -0.15) is 0 Å². The molecule has 3 aromatic rings. The van der Waals surface area contributed by atoms with Gasteiger partial charge in [-0.1, -0.05) is 17.7 Å². The smallest absolute Gasteiger partial charge is 0.150 e. The summed E-state index contributed by atoms with van der Waals surface area (Å²) in [4.78, 5) is 3.23. The van der Waals surface area contributed by atoms with Gasteiger partial charge in [0.2, 0.25) is 0 Å². The summed E-state index contributed by atoms with van der Waals surface area (Å²) in [6, 6.07) is 6.60. The maximum atomic E-state index is 14.3. The van der Waals surface area contributed by atoms with Crippen molar-refractivity contribution in [2.75, 3.05) is 6.54 Å². The quantitative estimate of drug-likeness (QED) is 0.605. The number of fused-ring (bicyclic) bond motifs is 1. The molecule has 0 spiro atoms. The molecule has 0 saturated carbocycles. The predicted octanol–water partition coefficient (Wildman–Crippen LogP) is 5.32. The first-order chi connectivity index (χ1) is 11.9. The Morgan fingerprint density at radius 1 is 0.960 bits per heavy atom. The van der Waals surface area contributed by atoms with Crippen LogP contribution in [0.25, 0.3) is 22.2 Å². The zero-order chi connectivity index (χ0) is 18.1. The van der Waals surface area contributed by atoms with Gasteiger partial charge in [0.25, 0.3) is 0 Å². The molecule has 0 aliphatic carbocycles. The van der Waals surface area contributed by atoms with Crippen molar-refractivity contribution in [1.29, 1.82) is 0 Å².